The van der Waals surface area contributed by atoms with Gasteiger partial charge in [-0.15, -0.1) is 0 Å². The van der Waals surface area contributed by atoms with Crippen LogP contribution in [0, 0.1) is 11.3 Å². The Morgan fingerprint density at radius 1 is 1.35 bits per heavy atom. The number of nitrogens with zero attached hydrogens (tertiary/aromatic N) is 2. The van der Waals surface area contributed by atoms with Gasteiger partial charge >= 0.3 is 0 Å². The van der Waals surface area contributed by atoms with E-state index in [4.69, 9.17) is 11.6 Å². The molecule has 0 unspecified atom stereocenters. The Hall–Kier alpha value is -1.54. The van der Waals surface area contributed by atoms with Crippen LogP contribution in [0.4, 0.5) is 0 Å². The van der Waals surface area contributed by atoms with Crippen LogP contribution in [0.5, 0.6) is 0 Å². The largest absolute Gasteiger partial charge is 0.313 e. The molecular weight excluding hydrogens is 290 g/mol. The Morgan fingerprint density at radius 3 is 2.85 bits per heavy atom. The molecule has 0 radical (unpaired) electrons. The molecule has 0 aliphatic carbocycles. The molecule has 1 aromatic carbocycles. The summed E-state index contributed by atoms with van der Waals surface area (Å²) in [6, 6.07) is 11.8. The molecule has 0 spiro atoms. The van der Waals surface area contributed by atoms with Gasteiger partial charge in [-0.1, -0.05) is 36.4 Å². The van der Waals surface area contributed by atoms with Gasteiger partial charge in [0.1, 0.15) is 11.1 Å². The molecule has 1 heterocycles. The summed E-state index contributed by atoms with van der Waals surface area (Å²) in [5.74, 6) is 0. The van der Waals surface area contributed by atoms with Gasteiger partial charge in [0.2, 0.25) is 0 Å². The second-order valence-electron chi connectivity index (χ2n) is 4.14. The normalized spacial score (nSPS) is 10.2. The maximum absolute atomic E-state index is 9.27. The molecule has 20 heavy (non-hydrogen) atoms. The molecule has 0 saturated carbocycles. The molecule has 0 saturated heterocycles. The smallest absolute Gasteiger partial charge is 0.101 e. The number of benzene rings is 1. The van der Waals surface area contributed by atoms with E-state index in [2.05, 4.69) is 23.3 Å². The summed E-state index contributed by atoms with van der Waals surface area (Å²) in [5.41, 5.74) is 1.78. The van der Waals surface area contributed by atoms with E-state index in [0.717, 1.165) is 28.6 Å². The van der Waals surface area contributed by atoms with Crippen molar-refractivity contribution >= 4 is 23.4 Å². The number of hydrogen-bond donors (Lipinski definition) is 1. The van der Waals surface area contributed by atoms with Gasteiger partial charge in [0, 0.05) is 17.6 Å². The van der Waals surface area contributed by atoms with Gasteiger partial charge in [0.05, 0.1) is 10.6 Å². The lowest BCUT2D eigenvalue weighted by Crippen LogP contribution is -2.11. The number of halogens is 1. The van der Waals surface area contributed by atoms with Gasteiger partial charge in [-0.2, -0.15) is 5.26 Å². The first kappa shape index (κ1) is 14.9. The predicted octanol–water partition coefficient (Wildman–Crippen LogP) is 3.87. The van der Waals surface area contributed by atoms with E-state index in [1.165, 1.54) is 11.8 Å². The maximum Gasteiger partial charge on any atom is 0.101 e. The van der Waals surface area contributed by atoms with Gasteiger partial charge in [-0.3, -0.25) is 0 Å². The average molecular weight is 304 g/mol. The molecule has 0 atom stereocenters. The summed E-state index contributed by atoms with van der Waals surface area (Å²) in [7, 11) is 0. The zero-order valence-electron chi connectivity index (χ0n) is 11.1. The van der Waals surface area contributed by atoms with Crippen molar-refractivity contribution in [3.05, 3.63) is 52.7 Å². The van der Waals surface area contributed by atoms with Crippen molar-refractivity contribution in [3.8, 4) is 6.07 Å². The monoisotopic (exact) mass is 303 g/mol. The Labute approximate surface area is 128 Å². The van der Waals surface area contributed by atoms with Crippen LogP contribution in [0.1, 0.15) is 18.1 Å². The van der Waals surface area contributed by atoms with E-state index >= 15 is 0 Å². The van der Waals surface area contributed by atoms with Gasteiger partial charge < -0.3 is 5.32 Å². The topological polar surface area (TPSA) is 48.7 Å². The van der Waals surface area contributed by atoms with Crippen molar-refractivity contribution in [1.29, 1.82) is 5.26 Å². The minimum atomic E-state index is 0.607. The predicted molar refractivity (Wildman–Crippen MR) is 81.9 cm³/mol. The van der Waals surface area contributed by atoms with Gasteiger partial charge in [0.25, 0.3) is 0 Å². The maximum atomic E-state index is 9.27. The highest BCUT2D eigenvalue weighted by atomic mass is 35.5. The van der Waals surface area contributed by atoms with Crippen molar-refractivity contribution in [2.45, 2.75) is 23.4 Å². The van der Waals surface area contributed by atoms with E-state index in [1.54, 1.807) is 12.3 Å². The summed E-state index contributed by atoms with van der Waals surface area (Å²) in [5, 5.41) is 13.9. The zero-order chi connectivity index (χ0) is 14.4. The third-order valence-corrected chi connectivity index (χ3v) is 3.91. The fourth-order valence-electron chi connectivity index (χ4n) is 1.67. The van der Waals surface area contributed by atoms with Gasteiger partial charge in [-0.05, 0) is 36.4 Å². The minimum absolute atomic E-state index is 0.607. The van der Waals surface area contributed by atoms with E-state index in [9.17, 15) is 5.26 Å². The van der Waals surface area contributed by atoms with Crippen LogP contribution >= 0.6 is 23.4 Å². The number of pyridine rings is 1. The summed E-state index contributed by atoms with van der Waals surface area (Å²) >= 11 is 7.28. The van der Waals surface area contributed by atoms with Crippen LogP contribution in [0.25, 0.3) is 0 Å². The number of rotatable bonds is 5. The lowest BCUT2D eigenvalue weighted by atomic mass is 10.1. The lowest BCUT2D eigenvalue weighted by molar-refractivity contribution is 0.726. The second-order valence-corrected chi connectivity index (χ2v) is 5.64. The Balaban J connectivity index is 2.19. The summed E-state index contributed by atoms with van der Waals surface area (Å²) in [4.78, 5) is 5.14. The third kappa shape index (κ3) is 3.97. The van der Waals surface area contributed by atoms with E-state index in [1.807, 2.05) is 24.3 Å². The highest BCUT2D eigenvalue weighted by Gasteiger charge is 2.06. The summed E-state index contributed by atoms with van der Waals surface area (Å²) < 4.78 is 0. The number of hydrogen-bond acceptors (Lipinski definition) is 4. The first-order valence-corrected chi connectivity index (χ1v) is 7.45. The third-order valence-electron chi connectivity index (χ3n) is 2.66. The molecule has 102 valence electrons. The molecule has 0 bridgehead atoms. The van der Waals surface area contributed by atoms with E-state index in [-0.39, 0.29) is 0 Å². The molecule has 5 heteroatoms. The van der Waals surface area contributed by atoms with Crippen molar-refractivity contribution in [2.75, 3.05) is 6.54 Å². The zero-order valence-corrected chi connectivity index (χ0v) is 12.6. The van der Waals surface area contributed by atoms with Gasteiger partial charge in [-0.25, -0.2) is 4.98 Å². The Morgan fingerprint density at radius 2 is 2.20 bits per heavy atom. The molecule has 0 aliphatic heterocycles. The quantitative estimate of drug-likeness (QED) is 0.911. The number of aromatic nitrogens is 1. The second kappa shape index (κ2) is 7.30. The first-order valence-electron chi connectivity index (χ1n) is 6.26. The van der Waals surface area contributed by atoms with Crippen LogP contribution in [0.2, 0.25) is 5.02 Å². The fraction of sp³-hybridized carbons (Fsp3) is 0.200. The average Bonchev–Trinajstić information content (AvgIpc) is 2.48. The van der Waals surface area contributed by atoms with E-state index < -0.39 is 0 Å². The molecule has 0 amide bonds. The molecular formula is C15H14ClN3S. The first-order chi connectivity index (χ1) is 9.72. The lowest BCUT2D eigenvalue weighted by Gasteiger charge is -2.07. The molecule has 0 fully saturated rings. The van der Waals surface area contributed by atoms with Crippen LogP contribution in [-0.4, -0.2) is 11.5 Å². The Bertz CT molecular complexity index is 620. The molecule has 2 aromatic rings. The molecule has 1 aromatic heterocycles. The molecule has 1 N–H and O–H groups in total. The molecule has 3 nitrogen and oxygen atoms in total. The Kier molecular flexibility index (Phi) is 5.42. The van der Waals surface area contributed by atoms with E-state index in [0.29, 0.717) is 10.6 Å². The number of nitriles is 1. The SMILES string of the molecule is CCNCc1ccc(Sc2ccc(Cl)cn2)c(C#N)c1. The van der Waals surface area contributed by atoms with Crippen LogP contribution in [0.3, 0.4) is 0 Å². The van der Waals surface area contributed by atoms with Crippen molar-refractivity contribution < 1.29 is 0 Å². The van der Waals surface area contributed by atoms with Crippen molar-refractivity contribution in [1.82, 2.24) is 10.3 Å². The van der Waals surface area contributed by atoms with Crippen LogP contribution in [-0.2, 0) is 6.54 Å². The molecule has 2 rings (SSSR count). The minimum Gasteiger partial charge on any atom is -0.313 e. The molecule has 0 aliphatic rings. The summed E-state index contributed by atoms with van der Waals surface area (Å²) in [6.45, 7) is 3.74. The summed E-state index contributed by atoms with van der Waals surface area (Å²) in [6.07, 6.45) is 1.61. The highest BCUT2D eigenvalue weighted by Crippen LogP contribution is 2.29. The number of nitrogens with one attached hydrogen (secondary N) is 1. The van der Waals surface area contributed by atoms with Crippen molar-refractivity contribution in [3.63, 3.8) is 0 Å². The standard InChI is InChI=1S/C15H14ClN3S/c1-2-18-9-11-3-5-14(12(7-11)8-17)20-15-6-4-13(16)10-19-15/h3-7,10,18H,2,9H2,1H3. The highest BCUT2D eigenvalue weighted by molar-refractivity contribution is 7.99. The van der Waals surface area contributed by atoms with Crippen molar-refractivity contribution in [2.24, 2.45) is 0 Å². The fourth-order valence-corrected chi connectivity index (χ4v) is 2.60. The van der Waals surface area contributed by atoms with Crippen LogP contribution in [0.15, 0.2) is 46.5 Å². The van der Waals surface area contributed by atoms with Gasteiger partial charge in [0.15, 0.2) is 0 Å². The van der Waals surface area contributed by atoms with Crippen LogP contribution < -0.4 is 5.32 Å².